The van der Waals surface area contributed by atoms with E-state index in [1.165, 1.54) is 4.88 Å². The summed E-state index contributed by atoms with van der Waals surface area (Å²) in [5.74, 6) is 0.818. The van der Waals surface area contributed by atoms with Gasteiger partial charge in [0.15, 0.2) is 0 Å². The van der Waals surface area contributed by atoms with Crippen molar-refractivity contribution < 1.29 is 4.79 Å². The Hall–Kier alpha value is -0.590. The van der Waals surface area contributed by atoms with Gasteiger partial charge in [0.2, 0.25) is 5.91 Å². The van der Waals surface area contributed by atoms with Crippen LogP contribution in [0, 0.1) is 0 Å². The van der Waals surface area contributed by atoms with Crippen LogP contribution in [0.1, 0.15) is 23.2 Å². The van der Waals surface area contributed by atoms with E-state index in [2.05, 4.69) is 17.2 Å². The minimum absolute atomic E-state index is 0.0905. The Kier molecular flexibility index (Phi) is 6.54. The van der Waals surface area contributed by atoms with Gasteiger partial charge in [-0.15, -0.1) is 11.3 Å². The zero-order valence-corrected chi connectivity index (χ0v) is 11.9. The standard InChI is InChI=1S/C11H19N3OS2/c1-3-8-6-13-10(17-8)7-14-11(15)9(12)4-5-16-2/h6,9H,3-5,7,12H2,1-2H3,(H,14,15)/t9-/m1/s1. The van der Waals surface area contributed by atoms with Crippen molar-refractivity contribution in [1.82, 2.24) is 10.3 Å². The van der Waals surface area contributed by atoms with Gasteiger partial charge in [0.05, 0.1) is 12.6 Å². The van der Waals surface area contributed by atoms with Gasteiger partial charge in [-0.1, -0.05) is 6.92 Å². The van der Waals surface area contributed by atoms with Gasteiger partial charge < -0.3 is 11.1 Å². The van der Waals surface area contributed by atoms with Crippen LogP contribution in [0.2, 0.25) is 0 Å². The zero-order valence-electron chi connectivity index (χ0n) is 10.2. The normalized spacial score (nSPS) is 12.4. The number of carbonyl (C=O) groups is 1. The minimum atomic E-state index is -0.409. The Labute approximate surface area is 110 Å². The molecule has 4 nitrogen and oxygen atoms in total. The van der Waals surface area contributed by atoms with Crippen molar-refractivity contribution in [1.29, 1.82) is 0 Å². The third-order valence-electron chi connectivity index (χ3n) is 2.33. The average Bonchev–Trinajstić information content (AvgIpc) is 2.80. The third-order valence-corrected chi connectivity index (χ3v) is 4.12. The quantitative estimate of drug-likeness (QED) is 0.788. The highest BCUT2D eigenvalue weighted by Crippen LogP contribution is 2.12. The molecule has 0 saturated carbocycles. The summed E-state index contributed by atoms with van der Waals surface area (Å²) in [6, 6.07) is -0.409. The summed E-state index contributed by atoms with van der Waals surface area (Å²) >= 11 is 3.33. The molecular weight excluding hydrogens is 254 g/mol. The van der Waals surface area contributed by atoms with Gasteiger partial charge >= 0.3 is 0 Å². The van der Waals surface area contributed by atoms with Gasteiger partial charge in [-0.3, -0.25) is 4.79 Å². The molecule has 96 valence electrons. The molecule has 0 fully saturated rings. The SMILES string of the molecule is CCc1cnc(CNC(=O)[C@H](N)CCSC)s1. The Morgan fingerprint density at radius 2 is 2.47 bits per heavy atom. The molecule has 0 aliphatic heterocycles. The van der Waals surface area contributed by atoms with E-state index in [0.29, 0.717) is 13.0 Å². The lowest BCUT2D eigenvalue weighted by Gasteiger charge is -2.10. The highest BCUT2D eigenvalue weighted by atomic mass is 32.2. The van der Waals surface area contributed by atoms with Gasteiger partial charge in [-0.25, -0.2) is 4.98 Å². The van der Waals surface area contributed by atoms with E-state index in [-0.39, 0.29) is 5.91 Å². The van der Waals surface area contributed by atoms with Crippen LogP contribution in [-0.4, -0.2) is 28.9 Å². The lowest BCUT2D eigenvalue weighted by molar-refractivity contribution is -0.122. The molecule has 0 unspecified atom stereocenters. The molecule has 0 radical (unpaired) electrons. The number of rotatable bonds is 7. The Morgan fingerprint density at radius 3 is 3.06 bits per heavy atom. The summed E-state index contributed by atoms with van der Waals surface area (Å²) in [6.45, 7) is 2.57. The molecule has 0 aromatic carbocycles. The highest BCUT2D eigenvalue weighted by Gasteiger charge is 2.12. The lowest BCUT2D eigenvalue weighted by atomic mass is 10.2. The van der Waals surface area contributed by atoms with Gasteiger partial charge in [-0.05, 0) is 24.9 Å². The summed E-state index contributed by atoms with van der Waals surface area (Å²) in [5.41, 5.74) is 5.76. The molecule has 1 amide bonds. The highest BCUT2D eigenvalue weighted by molar-refractivity contribution is 7.98. The largest absolute Gasteiger partial charge is 0.348 e. The molecule has 0 saturated heterocycles. The summed E-state index contributed by atoms with van der Waals surface area (Å²) in [7, 11) is 0. The topological polar surface area (TPSA) is 68.0 Å². The third kappa shape index (κ3) is 5.06. The van der Waals surface area contributed by atoms with Crippen molar-refractivity contribution in [3.8, 4) is 0 Å². The van der Waals surface area contributed by atoms with Crippen molar-refractivity contribution in [2.24, 2.45) is 5.73 Å². The molecule has 0 spiro atoms. The summed E-state index contributed by atoms with van der Waals surface area (Å²) in [5, 5.41) is 3.76. The number of nitrogens with zero attached hydrogens (tertiary/aromatic N) is 1. The number of thiazole rings is 1. The molecule has 1 aromatic heterocycles. The number of aromatic nitrogens is 1. The van der Waals surface area contributed by atoms with Gasteiger partial charge in [0.1, 0.15) is 5.01 Å². The molecule has 1 aromatic rings. The second-order valence-corrected chi connectivity index (χ2v) is 5.86. The number of hydrogen-bond donors (Lipinski definition) is 2. The molecule has 0 bridgehead atoms. The predicted molar refractivity (Wildman–Crippen MR) is 74.3 cm³/mol. The lowest BCUT2D eigenvalue weighted by Crippen LogP contribution is -2.40. The first-order valence-corrected chi connectivity index (χ1v) is 7.84. The van der Waals surface area contributed by atoms with Crippen LogP contribution in [0.4, 0.5) is 0 Å². The molecule has 3 N–H and O–H groups in total. The van der Waals surface area contributed by atoms with Crippen LogP contribution in [0.15, 0.2) is 6.20 Å². The van der Waals surface area contributed by atoms with Crippen molar-refractivity contribution in [2.45, 2.75) is 32.4 Å². The number of nitrogens with two attached hydrogens (primary N) is 1. The second kappa shape index (κ2) is 7.68. The fourth-order valence-corrected chi connectivity index (χ4v) is 2.55. The molecular formula is C11H19N3OS2. The van der Waals surface area contributed by atoms with Gasteiger partial charge in [0, 0.05) is 11.1 Å². The van der Waals surface area contributed by atoms with Crippen LogP contribution in [-0.2, 0) is 17.8 Å². The molecule has 1 heterocycles. The second-order valence-electron chi connectivity index (χ2n) is 3.68. The van der Waals surface area contributed by atoms with Crippen LogP contribution < -0.4 is 11.1 Å². The van der Waals surface area contributed by atoms with Gasteiger partial charge in [-0.2, -0.15) is 11.8 Å². The first kappa shape index (κ1) is 14.5. The van der Waals surface area contributed by atoms with Crippen molar-refractivity contribution in [3.05, 3.63) is 16.1 Å². The van der Waals surface area contributed by atoms with E-state index in [0.717, 1.165) is 17.2 Å². The predicted octanol–water partition coefficient (Wildman–Crippen LogP) is 1.40. The fraction of sp³-hybridized carbons (Fsp3) is 0.636. The van der Waals surface area contributed by atoms with Crippen molar-refractivity contribution in [3.63, 3.8) is 0 Å². The van der Waals surface area contributed by atoms with Crippen molar-refractivity contribution >= 4 is 29.0 Å². The van der Waals surface area contributed by atoms with Crippen LogP contribution in [0.25, 0.3) is 0 Å². The van der Waals surface area contributed by atoms with Crippen LogP contribution in [0.5, 0.6) is 0 Å². The summed E-state index contributed by atoms with van der Waals surface area (Å²) in [6.07, 6.45) is 5.57. The number of hydrogen-bond acceptors (Lipinski definition) is 5. The maximum Gasteiger partial charge on any atom is 0.237 e. The van der Waals surface area contributed by atoms with E-state index in [1.807, 2.05) is 12.5 Å². The number of carbonyl (C=O) groups excluding carboxylic acids is 1. The molecule has 0 aliphatic rings. The van der Waals surface area contributed by atoms with E-state index in [4.69, 9.17) is 5.73 Å². The Balaban J connectivity index is 2.32. The van der Waals surface area contributed by atoms with Crippen LogP contribution >= 0.6 is 23.1 Å². The number of nitrogens with one attached hydrogen (secondary N) is 1. The minimum Gasteiger partial charge on any atom is -0.348 e. The van der Waals surface area contributed by atoms with E-state index in [9.17, 15) is 4.79 Å². The average molecular weight is 273 g/mol. The van der Waals surface area contributed by atoms with E-state index < -0.39 is 6.04 Å². The first-order valence-electron chi connectivity index (χ1n) is 5.63. The zero-order chi connectivity index (χ0) is 12.7. The summed E-state index contributed by atoms with van der Waals surface area (Å²) in [4.78, 5) is 17.1. The Morgan fingerprint density at radius 1 is 1.71 bits per heavy atom. The maximum atomic E-state index is 11.6. The molecule has 0 aliphatic carbocycles. The van der Waals surface area contributed by atoms with E-state index >= 15 is 0 Å². The number of aryl methyl sites for hydroxylation is 1. The summed E-state index contributed by atoms with van der Waals surface area (Å²) < 4.78 is 0. The monoisotopic (exact) mass is 273 g/mol. The Bertz CT molecular complexity index is 354. The van der Waals surface area contributed by atoms with E-state index in [1.54, 1.807) is 23.1 Å². The molecule has 1 atom stereocenters. The van der Waals surface area contributed by atoms with Gasteiger partial charge in [0.25, 0.3) is 0 Å². The van der Waals surface area contributed by atoms with Crippen molar-refractivity contribution in [2.75, 3.05) is 12.0 Å². The number of amides is 1. The smallest absolute Gasteiger partial charge is 0.237 e. The number of thioether (sulfide) groups is 1. The first-order chi connectivity index (χ1) is 8.17. The molecule has 17 heavy (non-hydrogen) atoms. The maximum absolute atomic E-state index is 11.6. The molecule has 1 rings (SSSR count). The fourth-order valence-electron chi connectivity index (χ4n) is 1.26. The molecule has 6 heteroatoms. The van der Waals surface area contributed by atoms with Crippen LogP contribution in [0.3, 0.4) is 0 Å².